The third-order valence-corrected chi connectivity index (χ3v) is 7.75. The summed E-state index contributed by atoms with van der Waals surface area (Å²) >= 11 is 1.03. The highest BCUT2D eigenvalue weighted by Gasteiger charge is 2.48. The van der Waals surface area contributed by atoms with Gasteiger partial charge in [0.15, 0.2) is 0 Å². The van der Waals surface area contributed by atoms with Crippen molar-refractivity contribution in [2.75, 3.05) is 7.11 Å². The number of rotatable bonds is 6. The molecule has 1 aliphatic heterocycles. The monoisotopic (exact) mass is 445 g/mol. The van der Waals surface area contributed by atoms with Crippen LogP contribution in [0.2, 0.25) is 0 Å². The summed E-state index contributed by atoms with van der Waals surface area (Å²) in [4.78, 5) is 13.5. The summed E-state index contributed by atoms with van der Waals surface area (Å²) in [6.07, 6.45) is 0. The van der Waals surface area contributed by atoms with Crippen LogP contribution in [0.1, 0.15) is 46.6 Å². The standard InChI is InChI=1S/C19H19N5O4S2/c1-11(2)14-9-13(28-3)10-15-16(14)17(25)24(30(15,26)27)18(12-7-5-4-6-8-12)29-19-20-22-23-21-19/h4-11,18H,1-3H3,(H,20,21,22,23). The third kappa shape index (κ3) is 3.33. The first-order valence-corrected chi connectivity index (χ1v) is 11.4. The van der Waals surface area contributed by atoms with Gasteiger partial charge in [-0.2, -0.15) is 5.21 Å². The van der Waals surface area contributed by atoms with Gasteiger partial charge in [0.2, 0.25) is 5.16 Å². The molecule has 11 heteroatoms. The zero-order chi connectivity index (χ0) is 21.5. The van der Waals surface area contributed by atoms with E-state index in [-0.39, 0.29) is 21.5 Å². The highest BCUT2D eigenvalue weighted by atomic mass is 32.2. The molecule has 4 rings (SSSR count). The van der Waals surface area contributed by atoms with E-state index in [0.717, 1.165) is 16.1 Å². The summed E-state index contributed by atoms with van der Waals surface area (Å²) in [6, 6.07) is 12.0. The fourth-order valence-corrected chi connectivity index (χ4v) is 6.30. The fraction of sp³-hybridized carbons (Fsp3) is 0.263. The SMILES string of the molecule is COc1cc(C(C)C)c2c(c1)S(=O)(=O)N(C(Sc1nn[nH]n1)c1ccccc1)C2=O. The van der Waals surface area contributed by atoms with E-state index in [4.69, 9.17) is 4.74 Å². The molecule has 1 N–H and O–H groups in total. The number of aromatic nitrogens is 4. The smallest absolute Gasteiger partial charge is 0.270 e. The zero-order valence-corrected chi connectivity index (χ0v) is 18.1. The predicted molar refractivity (Wildman–Crippen MR) is 110 cm³/mol. The quantitative estimate of drug-likeness (QED) is 0.575. The first-order valence-electron chi connectivity index (χ1n) is 9.10. The lowest BCUT2D eigenvalue weighted by Gasteiger charge is -2.25. The molecule has 30 heavy (non-hydrogen) atoms. The van der Waals surface area contributed by atoms with Gasteiger partial charge < -0.3 is 4.74 Å². The zero-order valence-electron chi connectivity index (χ0n) is 16.4. The van der Waals surface area contributed by atoms with E-state index >= 15 is 0 Å². The van der Waals surface area contributed by atoms with Gasteiger partial charge in [-0.15, -0.1) is 10.2 Å². The second-order valence-corrected chi connectivity index (χ2v) is 9.76. The first-order chi connectivity index (χ1) is 14.3. The van der Waals surface area contributed by atoms with E-state index in [9.17, 15) is 13.2 Å². The van der Waals surface area contributed by atoms with Crippen LogP contribution in [0.15, 0.2) is 52.5 Å². The number of benzene rings is 2. The lowest BCUT2D eigenvalue weighted by atomic mass is 9.96. The largest absolute Gasteiger partial charge is 0.497 e. The fourth-order valence-electron chi connectivity index (χ4n) is 3.35. The van der Waals surface area contributed by atoms with E-state index in [1.54, 1.807) is 30.3 Å². The van der Waals surface area contributed by atoms with Crippen LogP contribution in [-0.2, 0) is 10.0 Å². The summed E-state index contributed by atoms with van der Waals surface area (Å²) < 4.78 is 33.3. The molecule has 0 saturated heterocycles. The van der Waals surface area contributed by atoms with Crippen molar-refractivity contribution in [1.29, 1.82) is 0 Å². The van der Waals surface area contributed by atoms with Gasteiger partial charge in [0.05, 0.1) is 12.7 Å². The van der Waals surface area contributed by atoms with Gasteiger partial charge >= 0.3 is 0 Å². The van der Waals surface area contributed by atoms with Crippen molar-refractivity contribution < 1.29 is 17.9 Å². The summed E-state index contributed by atoms with van der Waals surface area (Å²) in [5.41, 5.74) is 1.42. The normalized spacial score (nSPS) is 16.0. The van der Waals surface area contributed by atoms with E-state index in [1.807, 2.05) is 19.9 Å². The number of thioether (sulfide) groups is 1. The van der Waals surface area contributed by atoms with Crippen molar-refractivity contribution >= 4 is 27.7 Å². The molecule has 0 bridgehead atoms. The Kier molecular flexibility index (Phi) is 5.24. The number of fused-ring (bicyclic) bond motifs is 1. The van der Waals surface area contributed by atoms with E-state index in [1.165, 1.54) is 13.2 Å². The second kappa shape index (κ2) is 7.73. The summed E-state index contributed by atoms with van der Waals surface area (Å²) in [5.74, 6) is -0.271. The first kappa shape index (κ1) is 20.4. The Balaban J connectivity index is 1.90. The van der Waals surface area contributed by atoms with E-state index in [2.05, 4.69) is 20.6 Å². The molecule has 0 radical (unpaired) electrons. The molecule has 1 amide bonds. The molecule has 3 aromatic rings. The van der Waals surface area contributed by atoms with Gasteiger partial charge in [-0.3, -0.25) is 4.79 Å². The van der Waals surface area contributed by atoms with Crippen molar-refractivity contribution in [2.45, 2.75) is 35.2 Å². The average molecular weight is 446 g/mol. The van der Waals surface area contributed by atoms with Crippen LogP contribution in [0.4, 0.5) is 0 Å². The van der Waals surface area contributed by atoms with Gasteiger partial charge in [0, 0.05) is 6.07 Å². The number of aromatic amines is 1. The van der Waals surface area contributed by atoms with Crippen LogP contribution in [0.5, 0.6) is 5.75 Å². The van der Waals surface area contributed by atoms with E-state index < -0.39 is 21.3 Å². The number of hydrogen-bond donors (Lipinski definition) is 1. The number of nitrogens with zero attached hydrogens (tertiary/aromatic N) is 4. The second-order valence-electron chi connectivity index (χ2n) is 6.93. The summed E-state index contributed by atoms with van der Waals surface area (Å²) in [7, 11) is -2.67. The van der Waals surface area contributed by atoms with Crippen LogP contribution >= 0.6 is 11.8 Å². The Morgan fingerprint density at radius 2 is 1.90 bits per heavy atom. The van der Waals surface area contributed by atoms with Gasteiger partial charge in [0.25, 0.3) is 15.9 Å². The molecule has 9 nitrogen and oxygen atoms in total. The molecular weight excluding hydrogens is 426 g/mol. The van der Waals surface area contributed by atoms with Gasteiger partial charge in [-0.05, 0) is 28.3 Å². The van der Waals surface area contributed by atoms with Crippen molar-refractivity contribution in [3.05, 3.63) is 59.2 Å². The number of sulfonamides is 1. The van der Waals surface area contributed by atoms with E-state index in [0.29, 0.717) is 16.9 Å². The molecule has 0 aliphatic carbocycles. The molecule has 0 fully saturated rings. The van der Waals surface area contributed by atoms with Crippen LogP contribution in [0, 0.1) is 0 Å². The molecular formula is C19H19N5O4S2. The maximum Gasteiger partial charge on any atom is 0.270 e. The Hall–Kier alpha value is -2.92. The lowest BCUT2D eigenvalue weighted by Crippen LogP contribution is -2.33. The minimum Gasteiger partial charge on any atom is -0.497 e. The number of carbonyl (C=O) groups excluding carboxylic acids is 1. The number of carbonyl (C=O) groups is 1. The Labute approximate surface area is 177 Å². The highest BCUT2D eigenvalue weighted by Crippen LogP contribution is 2.46. The molecule has 1 aliphatic rings. The summed E-state index contributed by atoms with van der Waals surface area (Å²) in [5, 5.41) is 13.0. The predicted octanol–water partition coefficient (Wildman–Crippen LogP) is 2.97. The van der Waals surface area contributed by atoms with Gasteiger partial charge in [-0.1, -0.05) is 55.9 Å². The number of methoxy groups -OCH3 is 1. The number of H-pyrrole nitrogens is 1. The van der Waals surface area contributed by atoms with Crippen molar-refractivity contribution in [1.82, 2.24) is 24.9 Å². The van der Waals surface area contributed by atoms with Crippen molar-refractivity contribution in [3.63, 3.8) is 0 Å². The maximum atomic E-state index is 13.6. The minimum absolute atomic E-state index is 0.0507. The average Bonchev–Trinajstić information content (AvgIpc) is 3.31. The number of hydrogen-bond acceptors (Lipinski definition) is 8. The molecule has 2 aromatic carbocycles. The Morgan fingerprint density at radius 3 is 2.50 bits per heavy atom. The Bertz CT molecular complexity index is 1180. The minimum atomic E-state index is -4.14. The maximum absolute atomic E-state index is 13.6. The van der Waals surface area contributed by atoms with Crippen LogP contribution < -0.4 is 4.74 Å². The third-order valence-electron chi connectivity index (χ3n) is 4.76. The topological polar surface area (TPSA) is 118 Å². The van der Waals surface area contributed by atoms with Crippen molar-refractivity contribution in [3.8, 4) is 5.75 Å². The van der Waals surface area contributed by atoms with Gasteiger partial charge in [0.1, 0.15) is 16.0 Å². The molecule has 1 atom stereocenters. The molecule has 0 saturated carbocycles. The molecule has 1 aromatic heterocycles. The number of tetrazole rings is 1. The molecule has 1 unspecified atom stereocenters. The number of amides is 1. The Morgan fingerprint density at radius 1 is 1.17 bits per heavy atom. The lowest BCUT2D eigenvalue weighted by molar-refractivity contribution is 0.0860. The van der Waals surface area contributed by atoms with Crippen LogP contribution in [0.3, 0.4) is 0 Å². The highest BCUT2D eigenvalue weighted by molar-refractivity contribution is 8.00. The summed E-state index contributed by atoms with van der Waals surface area (Å²) in [6.45, 7) is 3.81. The van der Waals surface area contributed by atoms with Crippen LogP contribution in [0.25, 0.3) is 0 Å². The number of ether oxygens (including phenoxy) is 1. The molecule has 2 heterocycles. The molecule has 0 spiro atoms. The van der Waals surface area contributed by atoms with Crippen LogP contribution in [-0.4, -0.2) is 46.4 Å². The molecule has 156 valence electrons. The van der Waals surface area contributed by atoms with Gasteiger partial charge in [-0.25, -0.2) is 12.7 Å². The van der Waals surface area contributed by atoms with Crippen molar-refractivity contribution in [2.24, 2.45) is 0 Å². The number of nitrogens with one attached hydrogen (secondary N) is 1.